The van der Waals surface area contributed by atoms with Crippen molar-refractivity contribution in [2.45, 2.75) is 18.9 Å². The predicted molar refractivity (Wildman–Crippen MR) is 92.8 cm³/mol. The zero-order chi connectivity index (χ0) is 17.9. The summed E-state index contributed by atoms with van der Waals surface area (Å²) in [5, 5.41) is 4.07. The van der Waals surface area contributed by atoms with Crippen LogP contribution in [0.1, 0.15) is 23.2 Å². The average Bonchev–Trinajstić information content (AvgIpc) is 3.41. The highest BCUT2D eigenvalue weighted by molar-refractivity contribution is 5.94. The Morgan fingerprint density at radius 3 is 2.38 bits per heavy atom. The molecule has 0 unspecified atom stereocenters. The van der Waals surface area contributed by atoms with E-state index in [2.05, 4.69) is 10.1 Å². The van der Waals surface area contributed by atoms with Gasteiger partial charge in [-0.1, -0.05) is 0 Å². The van der Waals surface area contributed by atoms with Gasteiger partial charge in [0.2, 0.25) is 0 Å². The molecule has 0 spiro atoms. The minimum absolute atomic E-state index is 0.0145. The van der Waals surface area contributed by atoms with Crippen molar-refractivity contribution in [2.24, 2.45) is 0 Å². The van der Waals surface area contributed by atoms with E-state index in [1.807, 2.05) is 17.0 Å². The molecule has 0 N–H and O–H groups in total. The first-order valence-corrected chi connectivity index (χ1v) is 8.87. The highest BCUT2D eigenvalue weighted by atomic mass is 16.5. The van der Waals surface area contributed by atoms with Crippen LogP contribution in [0.15, 0.2) is 36.9 Å². The van der Waals surface area contributed by atoms with Gasteiger partial charge in [0.25, 0.3) is 11.8 Å². The van der Waals surface area contributed by atoms with E-state index in [1.54, 1.807) is 28.0 Å². The molecule has 1 atom stereocenters. The van der Waals surface area contributed by atoms with E-state index < -0.39 is 0 Å². The molecule has 4 rings (SSSR count). The molecule has 3 heterocycles. The third kappa shape index (κ3) is 3.32. The molecule has 0 saturated carbocycles. The summed E-state index contributed by atoms with van der Waals surface area (Å²) < 4.78 is 7.11. The molecule has 2 fully saturated rings. The van der Waals surface area contributed by atoms with Crippen LogP contribution < -0.4 is 0 Å². The van der Waals surface area contributed by atoms with Crippen LogP contribution in [0.3, 0.4) is 0 Å². The number of aromatic nitrogens is 3. The maximum atomic E-state index is 12.7. The Hall–Kier alpha value is -2.74. The molecule has 1 aromatic carbocycles. The second-order valence-corrected chi connectivity index (χ2v) is 6.51. The van der Waals surface area contributed by atoms with E-state index in [1.165, 1.54) is 6.33 Å². The van der Waals surface area contributed by atoms with E-state index in [4.69, 9.17) is 4.74 Å². The lowest BCUT2D eigenvalue weighted by Crippen LogP contribution is -2.52. The van der Waals surface area contributed by atoms with Gasteiger partial charge < -0.3 is 14.5 Å². The summed E-state index contributed by atoms with van der Waals surface area (Å²) in [6, 6.07) is 7.28. The van der Waals surface area contributed by atoms with Gasteiger partial charge in [0.05, 0.1) is 5.69 Å². The van der Waals surface area contributed by atoms with Gasteiger partial charge in [-0.15, -0.1) is 0 Å². The third-order valence-corrected chi connectivity index (χ3v) is 4.88. The van der Waals surface area contributed by atoms with Crippen LogP contribution in [0, 0.1) is 0 Å². The van der Waals surface area contributed by atoms with Crippen molar-refractivity contribution in [1.82, 2.24) is 24.6 Å². The van der Waals surface area contributed by atoms with E-state index in [-0.39, 0.29) is 17.9 Å². The van der Waals surface area contributed by atoms with Crippen molar-refractivity contribution >= 4 is 11.8 Å². The quantitative estimate of drug-likeness (QED) is 0.811. The molecule has 2 amide bonds. The van der Waals surface area contributed by atoms with Gasteiger partial charge in [-0.3, -0.25) is 9.59 Å². The fourth-order valence-corrected chi connectivity index (χ4v) is 3.39. The van der Waals surface area contributed by atoms with Crippen molar-refractivity contribution in [2.75, 3.05) is 32.8 Å². The second-order valence-electron chi connectivity index (χ2n) is 6.51. The number of nitrogens with zero attached hydrogens (tertiary/aromatic N) is 5. The summed E-state index contributed by atoms with van der Waals surface area (Å²) in [5.74, 6) is 0.0474. The summed E-state index contributed by atoms with van der Waals surface area (Å²) in [6.07, 6.45) is 4.54. The zero-order valence-electron chi connectivity index (χ0n) is 14.5. The smallest absolute Gasteiger partial charge is 0.253 e. The molecule has 8 nitrogen and oxygen atoms in total. The van der Waals surface area contributed by atoms with E-state index >= 15 is 0 Å². The number of rotatable bonds is 3. The maximum Gasteiger partial charge on any atom is 0.253 e. The molecule has 2 aliphatic rings. The summed E-state index contributed by atoms with van der Waals surface area (Å²) in [5.41, 5.74) is 1.48. The van der Waals surface area contributed by atoms with E-state index in [9.17, 15) is 9.59 Å². The lowest BCUT2D eigenvalue weighted by Gasteiger charge is -2.35. The minimum Gasteiger partial charge on any atom is -0.368 e. The van der Waals surface area contributed by atoms with Crippen LogP contribution in [0.4, 0.5) is 0 Å². The number of carbonyl (C=O) groups is 2. The van der Waals surface area contributed by atoms with E-state index in [0.29, 0.717) is 38.3 Å². The molecule has 8 heteroatoms. The summed E-state index contributed by atoms with van der Waals surface area (Å²) in [4.78, 5) is 32.6. The van der Waals surface area contributed by atoms with Crippen molar-refractivity contribution in [3.63, 3.8) is 0 Å². The van der Waals surface area contributed by atoms with Crippen molar-refractivity contribution < 1.29 is 14.3 Å². The normalized spacial score (nSPS) is 20.4. The lowest BCUT2D eigenvalue weighted by molar-refractivity contribution is -0.142. The maximum absolute atomic E-state index is 12.7. The summed E-state index contributed by atoms with van der Waals surface area (Å²) in [6.45, 7) is 2.87. The van der Waals surface area contributed by atoms with Crippen LogP contribution in [0.25, 0.3) is 5.69 Å². The molecule has 0 bridgehead atoms. The molecule has 2 aromatic rings. The molecule has 0 aliphatic carbocycles. The van der Waals surface area contributed by atoms with Crippen LogP contribution in [0.5, 0.6) is 0 Å². The largest absolute Gasteiger partial charge is 0.368 e. The molecular weight excluding hydrogens is 334 g/mol. The fraction of sp³-hybridized carbons (Fsp3) is 0.444. The average molecular weight is 355 g/mol. The van der Waals surface area contributed by atoms with Crippen molar-refractivity contribution in [3.8, 4) is 5.69 Å². The Balaban J connectivity index is 1.35. The minimum atomic E-state index is -0.290. The predicted octanol–water partition coefficient (Wildman–Crippen LogP) is 0.731. The molecule has 1 aromatic heterocycles. The number of benzene rings is 1. The van der Waals surface area contributed by atoms with Crippen molar-refractivity contribution in [1.29, 1.82) is 0 Å². The topological polar surface area (TPSA) is 80.6 Å². The van der Waals surface area contributed by atoms with Crippen LogP contribution >= 0.6 is 0 Å². The summed E-state index contributed by atoms with van der Waals surface area (Å²) >= 11 is 0. The Morgan fingerprint density at radius 1 is 1.04 bits per heavy atom. The molecule has 26 heavy (non-hydrogen) atoms. The fourth-order valence-electron chi connectivity index (χ4n) is 3.39. The monoisotopic (exact) mass is 355 g/mol. The molecule has 0 radical (unpaired) electrons. The Morgan fingerprint density at radius 2 is 1.77 bits per heavy atom. The number of ether oxygens (including phenoxy) is 1. The number of carbonyl (C=O) groups excluding carboxylic acids is 2. The van der Waals surface area contributed by atoms with Gasteiger partial charge in [-0.2, -0.15) is 5.10 Å². The van der Waals surface area contributed by atoms with Crippen LogP contribution in [-0.4, -0.2) is 75.3 Å². The highest BCUT2D eigenvalue weighted by Gasteiger charge is 2.31. The Bertz CT molecular complexity index is 761. The third-order valence-electron chi connectivity index (χ3n) is 4.88. The Labute approximate surface area is 151 Å². The first-order chi connectivity index (χ1) is 12.7. The number of hydrogen-bond donors (Lipinski definition) is 0. The molecule has 2 aliphatic heterocycles. The summed E-state index contributed by atoms with van der Waals surface area (Å²) in [7, 11) is 0. The molecular formula is C18H21N5O3. The van der Waals surface area contributed by atoms with E-state index in [0.717, 1.165) is 18.5 Å². The lowest BCUT2D eigenvalue weighted by atomic mass is 10.1. The second kappa shape index (κ2) is 7.25. The van der Waals surface area contributed by atoms with Gasteiger partial charge in [0.15, 0.2) is 0 Å². The first-order valence-electron chi connectivity index (χ1n) is 8.87. The Kier molecular flexibility index (Phi) is 4.66. The first kappa shape index (κ1) is 16.7. The molecule has 2 saturated heterocycles. The SMILES string of the molecule is O=C(c1ccc(-n2cncn2)cc1)N1CCN(C(=O)[C@@H]2CCCO2)CC1. The van der Waals surface area contributed by atoms with Gasteiger partial charge in [-0.05, 0) is 37.1 Å². The zero-order valence-corrected chi connectivity index (χ0v) is 14.5. The van der Waals surface area contributed by atoms with Crippen molar-refractivity contribution in [3.05, 3.63) is 42.5 Å². The van der Waals surface area contributed by atoms with Crippen LogP contribution in [0.2, 0.25) is 0 Å². The van der Waals surface area contributed by atoms with Gasteiger partial charge in [0, 0.05) is 38.3 Å². The number of amides is 2. The van der Waals surface area contributed by atoms with Gasteiger partial charge in [0.1, 0.15) is 18.8 Å². The van der Waals surface area contributed by atoms with Gasteiger partial charge in [-0.25, -0.2) is 9.67 Å². The molecule has 136 valence electrons. The highest BCUT2D eigenvalue weighted by Crippen LogP contribution is 2.17. The standard InChI is InChI=1S/C18H21N5O3/c24-17(14-3-5-15(6-4-14)23-13-19-12-20-23)21-7-9-22(10-8-21)18(25)16-2-1-11-26-16/h3-6,12-13,16H,1-2,7-11H2/t16-/m0/s1. The number of hydrogen-bond acceptors (Lipinski definition) is 5. The van der Waals surface area contributed by atoms with Gasteiger partial charge >= 0.3 is 0 Å². The van der Waals surface area contributed by atoms with Crippen LogP contribution in [-0.2, 0) is 9.53 Å². The number of piperazine rings is 1.